The molecule has 1 aliphatic rings. The smallest absolute Gasteiger partial charge is 0.326 e. The van der Waals surface area contributed by atoms with Gasteiger partial charge in [0.1, 0.15) is 30.2 Å². The number of hydrogen-bond donors (Lipinski definition) is 11. The van der Waals surface area contributed by atoms with E-state index in [1.54, 1.807) is 13.8 Å². The van der Waals surface area contributed by atoms with Gasteiger partial charge in [-0.05, 0) is 70.3 Å². The highest BCUT2D eigenvalue weighted by Crippen LogP contribution is 2.21. The number of carbonyl (C=O) groups excluding carboxylic acids is 6. The van der Waals surface area contributed by atoms with Crippen molar-refractivity contribution in [2.45, 2.75) is 127 Å². The molecule has 6 amide bonds. The Morgan fingerprint density at radius 2 is 1.37 bits per heavy atom. The van der Waals surface area contributed by atoms with E-state index in [1.807, 2.05) is 0 Å². The van der Waals surface area contributed by atoms with E-state index in [0.717, 1.165) is 0 Å². The van der Waals surface area contributed by atoms with Crippen LogP contribution in [0.25, 0.3) is 0 Å². The number of aliphatic carboxylic acids is 2. The summed E-state index contributed by atoms with van der Waals surface area (Å²) in [5.74, 6) is -7.41. The van der Waals surface area contributed by atoms with E-state index < -0.39 is 90.1 Å². The number of primary amides is 1. The highest BCUT2D eigenvalue weighted by atomic mass is 16.4. The zero-order valence-electron chi connectivity index (χ0n) is 31.1. The maximum Gasteiger partial charge on any atom is 0.326 e. The lowest BCUT2D eigenvalue weighted by molar-refractivity contribution is -0.145. The normalized spacial score (nSPS) is 16.6. The molecule has 21 heteroatoms. The summed E-state index contributed by atoms with van der Waals surface area (Å²) < 4.78 is 0. The Morgan fingerprint density at radius 3 is 1.94 bits per heavy atom. The second-order valence-electron chi connectivity index (χ2n) is 13.7. The van der Waals surface area contributed by atoms with E-state index in [9.17, 15) is 48.6 Å². The summed E-state index contributed by atoms with van der Waals surface area (Å²) in [7, 11) is 0. The van der Waals surface area contributed by atoms with Gasteiger partial charge in [0.05, 0.1) is 6.04 Å². The van der Waals surface area contributed by atoms with Crippen LogP contribution in [0.2, 0.25) is 0 Å². The second kappa shape index (κ2) is 24.3. The molecule has 1 aliphatic heterocycles. The van der Waals surface area contributed by atoms with Crippen LogP contribution in [0.3, 0.4) is 0 Å². The van der Waals surface area contributed by atoms with Crippen LogP contribution in [-0.4, -0.2) is 124 Å². The van der Waals surface area contributed by atoms with E-state index in [4.69, 9.17) is 28.7 Å². The number of hydrogen-bond acceptors (Lipinski definition) is 11. The Bertz CT molecular complexity index is 1340. The minimum absolute atomic E-state index is 0.00420. The molecule has 1 rings (SSSR count). The summed E-state index contributed by atoms with van der Waals surface area (Å²) in [6, 6.07) is -7.35. The Balaban J connectivity index is 3.30. The van der Waals surface area contributed by atoms with Gasteiger partial charge in [0.25, 0.3) is 0 Å². The van der Waals surface area contributed by atoms with Crippen LogP contribution in [0.5, 0.6) is 0 Å². The van der Waals surface area contributed by atoms with Crippen molar-refractivity contribution in [2.75, 3.05) is 19.6 Å². The first kappa shape index (κ1) is 47.0. The van der Waals surface area contributed by atoms with Crippen molar-refractivity contribution in [3.63, 3.8) is 0 Å². The van der Waals surface area contributed by atoms with Crippen LogP contribution in [0.1, 0.15) is 90.9 Å². The molecular formula is C33H59N11O10. The van der Waals surface area contributed by atoms with E-state index in [-0.39, 0.29) is 76.3 Å². The number of guanidine groups is 1. The summed E-state index contributed by atoms with van der Waals surface area (Å²) in [6.45, 7) is 4.19. The number of rotatable bonds is 26. The largest absolute Gasteiger partial charge is 0.481 e. The lowest BCUT2D eigenvalue weighted by Gasteiger charge is -2.31. The van der Waals surface area contributed by atoms with Gasteiger partial charge in [-0.3, -0.25) is 38.6 Å². The van der Waals surface area contributed by atoms with E-state index in [2.05, 4.69) is 26.3 Å². The van der Waals surface area contributed by atoms with Crippen molar-refractivity contribution in [1.29, 1.82) is 0 Å². The minimum Gasteiger partial charge on any atom is -0.481 e. The summed E-state index contributed by atoms with van der Waals surface area (Å²) in [6.07, 6.45) is 1.03. The van der Waals surface area contributed by atoms with E-state index in [0.29, 0.717) is 25.8 Å². The van der Waals surface area contributed by atoms with Crippen molar-refractivity contribution < 1.29 is 48.6 Å². The third kappa shape index (κ3) is 17.6. The highest BCUT2D eigenvalue weighted by molar-refractivity contribution is 5.96. The summed E-state index contributed by atoms with van der Waals surface area (Å²) >= 11 is 0. The van der Waals surface area contributed by atoms with Gasteiger partial charge in [-0.2, -0.15) is 0 Å². The second-order valence-corrected chi connectivity index (χ2v) is 13.7. The van der Waals surface area contributed by atoms with Gasteiger partial charge in [-0.25, -0.2) is 4.79 Å². The van der Waals surface area contributed by atoms with Crippen molar-refractivity contribution in [2.24, 2.45) is 39.6 Å². The molecule has 0 saturated carbocycles. The van der Waals surface area contributed by atoms with Gasteiger partial charge < -0.3 is 65.0 Å². The van der Waals surface area contributed by atoms with E-state index in [1.165, 1.54) is 4.90 Å². The lowest BCUT2D eigenvalue weighted by Crippen LogP contribution is -2.59. The van der Waals surface area contributed by atoms with Gasteiger partial charge in [0, 0.05) is 25.9 Å². The van der Waals surface area contributed by atoms with Gasteiger partial charge in [0.15, 0.2) is 5.96 Å². The van der Waals surface area contributed by atoms with Crippen LogP contribution in [0, 0.1) is 5.92 Å². The van der Waals surface area contributed by atoms with Crippen molar-refractivity contribution >= 4 is 53.3 Å². The zero-order chi connectivity index (χ0) is 41.0. The highest BCUT2D eigenvalue weighted by Gasteiger charge is 2.39. The molecule has 1 fully saturated rings. The number of nitrogens with zero attached hydrogens (tertiary/aromatic N) is 2. The predicted molar refractivity (Wildman–Crippen MR) is 196 cm³/mol. The lowest BCUT2D eigenvalue weighted by atomic mass is 10.0. The fraction of sp³-hybridized carbons (Fsp3) is 0.727. The Kier molecular flexibility index (Phi) is 21.1. The zero-order valence-corrected chi connectivity index (χ0v) is 31.1. The molecule has 1 saturated heterocycles. The number of nitrogens with one attached hydrogen (secondary N) is 4. The molecule has 1 heterocycles. The van der Waals surface area contributed by atoms with Crippen molar-refractivity contribution in [3.8, 4) is 0 Å². The standard InChI is InChI=1S/C33H59N11O10/c1-18(2)17-23(43-28(49)20(11-13-26(46)47)40-27(48)19(35)7-3-4-14-34)29(50)41-21(8-5-15-39-33(37)38)31(52)44-16-6-9-24(44)30(51)42-22(32(53)54)10-12-25(36)45/h18-24H,3-17,34-35H2,1-2H3,(H2,36,45)(H,40,48)(H,41,50)(H,42,51)(H,43,49)(H,46,47)(H,53,54)(H4,37,38,39). The first-order valence-corrected chi connectivity index (χ1v) is 18.1. The number of carboxylic acids is 2. The van der Waals surface area contributed by atoms with Crippen LogP contribution < -0.4 is 49.9 Å². The monoisotopic (exact) mass is 769 g/mol. The van der Waals surface area contributed by atoms with Gasteiger partial charge in [0.2, 0.25) is 35.4 Å². The third-order valence-corrected chi connectivity index (χ3v) is 8.62. The van der Waals surface area contributed by atoms with Crippen LogP contribution in [-0.2, 0) is 38.4 Å². The number of unbranched alkanes of at least 4 members (excludes halogenated alkanes) is 1. The number of carbonyl (C=O) groups is 8. The molecule has 54 heavy (non-hydrogen) atoms. The summed E-state index contributed by atoms with van der Waals surface area (Å²) in [5, 5.41) is 29.0. The quantitative estimate of drug-likeness (QED) is 0.0233. The molecule has 0 radical (unpaired) electrons. The summed E-state index contributed by atoms with van der Waals surface area (Å²) in [5.41, 5.74) is 27.5. The molecule has 0 bridgehead atoms. The average Bonchev–Trinajstić information content (AvgIpc) is 3.58. The fourth-order valence-corrected chi connectivity index (χ4v) is 5.78. The van der Waals surface area contributed by atoms with Gasteiger partial charge >= 0.3 is 11.9 Å². The van der Waals surface area contributed by atoms with Crippen LogP contribution >= 0.6 is 0 Å². The minimum atomic E-state index is -1.44. The molecule has 0 aliphatic carbocycles. The van der Waals surface area contributed by atoms with Gasteiger partial charge in [-0.1, -0.05) is 20.3 Å². The third-order valence-electron chi connectivity index (χ3n) is 8.62. The SMILES string of the molecule is CC(C)CC(NC(=O)C(CCC(=O)O)NC(=O)C(N)CCCCN)C(=O)NC(CCCN=C(N)N)C(=O)N1CCCC1C(=O)NC(CCC(N)=O)C(=O)O. The fourth-order valence-electron chi connectivity index (χ4n) is 5.78. The Hall–Kier alpha value is -5.05. The number of nitrogens with two attached hydrogens (primary N) is 5. The number of likely N-dealkylation sites (tertiary alicyclic amines) is 1. The predicted octanol–water partition coefficient (Wildman–Crippen LogP) is -3.31. The molecule has 16 N–H and O–H groups in total. The maximum atomic E-state index is 14.0. The molecule has 306 valence electrons. The number of carboxylic acid groups (broad SMARTS) is 2. The van der Waals surface area contributed by atoms with Gasteiger partial charge in [-0.15, -0.1) is 0 Å². The topological polar surface area (TPSA) is 371 Å². The number of aliphatic imine (C=N–C) groups is 1. The van der Waals surface area contributed by atoms with Crippen molar-refractivity contribution in [1.82, 2.24) is 26.2 Å². The van der Waals surface area contributed by atoms with Crippen LogP contribution in [0.4, 0.5) is 0 Å². The molecule has 0 aromatic rings. The number of amides is 6. The first-order valence-electron chi connectivity index (χ1n) is 18.1. The molecule has 0 aromatic carbocycles. The Morgan fingerprint density at radius 1 is 0.759 bits per heavy atom. The molecule has 21 nitrogen and oxygen atoms in total. The molecule has 0 spiro atoms. The molecular weight excluding hydrogens is 710 g/mol. The molecule has 6 atom stereocenters. The summed E-state index contributed by atoms with van der Waals surface area (Å²) in [4.78, 5) is 107. The van der Waals surface area contributed by atoms with Crippen molar-refractivity contribution in [3.05, 3.63) is 0 Å². The average molecular weight is 770 g/mol. The first-order chi connectivity index (χ1) is 25.4. The van der Waals surface area contributed by atoms with Crippen LogP contribution in [0.15, 0.2) is 4.99 Å². The maximum absolute atomic E-state index is 14.0. The van der Waals surface area contributed by atoms with E-state index >= 15 is 0 Å². The molecule has 0 aromatic heterocycles. The Labute approximate surface area is 314 Å². The molecule has 6 unspecified atom stereocenters.